The predicted molar refractivity (Wildman–Crippen MR) is 206 cm³/mol. The molecule has 0 atom stereocenters. The lowest BCUT2D eigenvalue weighted by molar-refractivity contribution is -0.159. The maximum absolute atomic E-state index is 13.1. The normalized spacial score (nSPS) is 10.8. The second-order valence-electron chi connectivity index (χ2n) is 12.6. The van der Waals surface area contributed by atoms with E-state index in [1.807, 2.05) is 42.5 Å². The number of carbonyl (C=O) groups excluding carboxylic acids is 5. The monoisotopic (exact) mass is 788 g/mol. The van der Waals surface area contributed by atoms with E-state index in [1.165, 1.54) is 5.56 Å². The summed E-state index contributed by atoms with van der Waals surface area (Å²) in [4.78, 5) is 69.4. The van der Waals surface area contributed by atoms with E-state index in [2.05, 4.69) is 28.2 Å². The van der Waals surface area contributed by atoms with Gasteiger partial charge in [-0.2, -0.15) is 5.48 Å². The van der Waals surface area contributed by atoms with Gasteiger partial charge in [0.1, 0.15) is 13.1 Å². The van der Waals surface area contributed by atoms with Gasteiger partial charge in [-0.3, -0.25) is 19.2 Å². The molecular formula is C40H60N4O12. The van der Waals surface area contributed by atoms with Crippen LogP contribution in [0.3, 0.4) is 0 Å². The third-order valence-corrected chi connectivity index (χ3v) is 7.97. The van der Waals surface area contributed by atoms with Gasteiger partial charge in [0.25, 0.3) is 5.91 Å². The first-order valence-electron chi connectivity index (χ1n) is 19.0. The molecule has 0 radical (unpaired) electrons. The van der Waals surface area contributed by atoms with Crippen LogP contribution in [0.5, 0.6) is 0 Å². The lowest BCUT2D eigenvalue weighted by Crippen LogP contribution is -2.46. The number of nitrogens with zero attached hydrogens (tertiary/aromatic N) is 1. The van der Waals surface area contributed by atoms with E-state index in [1.54, 1.807) is 14.2 Å². The van der Waals surface area contributed by atoms with E-state index >= 15 is 0 Å². The average molecular weight is 789 g/mol. The van der Waals surface area contributed by atoms with Gasteiger partial charge in [-0.25, -0.2) is 4.79 Å². The minimum Gasteiger partial charge on any atom is -0.382 e. The Morgan fingerprint density at radius 3 is 1.62 bits per heavy atom. The summed E-state index contributed by atoms with van der Waals surface area (Å²) in [7, 11) is 3.16. The zero-order valence-electron chi connectivity index (χ0n) is 32.9. The molecule has 0 aliphatic heterocycles. The van der Waals surface area contributed by atoms with Gasteiger partial charge in [0.15, 0.2) is 0 Å². The van der Waals surface area contributed by atoms with Gasteiger partial charge in [-0.1, -0.05) is 54.6 Å². The molecule has 0 saturated heterocycles. The standard InChI is InChI=1S/C40H60N4O12/c1-50-21-23-54-27-25-52-19-17-41-37(46)31-44(32-38(47)42-18-20-53-26-28-55-24-22-51-2)39(48)15-16-40(49)56-43-36(45)30-35-14-8-13-34(29-35)12-7-6-11-33-9-4-3-5-10-33/h3-5,8-10,13-14,29H,6-7,11-12,15-28,30-32H2,1-2H3,(H,41,46)(H,42,47)(H,43,45). The quantitative estimate of drug-likeness (QED) is 0.0719. The molecule has 0 aromatic heterocycles. The van der Waals surface area contributed by atoms with Crippen LogP contribution in [0.25, 0.3) is 0 Å². The summed E-state index contributed by atoms with van der Waals surface area (Å²) >= 11 is 0. The number of ether oxygens (including phenoxy) is 6. The molecule has 0 fully saturated rings. The van der Waals surface area contributed by atoms with Crippen LogP contribution < -0.4 is 16.1 Å². The lowest BCUT2D eigenvalue weighted by Gasteiger charge is -2.22. The zero-order valence-corrected chi connectivity index (χ0v) is 32.9. The fourth-order valence-electron chi connectivity index (χ4n) is 5.10. The van der Waals surface area contributed by atoms with Gasteiger partial charge in [-0.15, -0.1) is 0 Å². The van der Waals surface area contributed by atoms with Crippen LogP contribution in [-0.4, -0.2) is 141 Å². The number of benzene rings is 2. The van der Waals surface area contributed by atoms with Crippen molar-refractivity contribution < 1.29 is 57.2 Å². The second kappa shape index (κ2) is 31.7. The van der Waals surface area contributed by atoms with Crippen LogP contribution in [0.15, 0.2) is 54.6 Å². The van der Waals surface area contributed by atoms with Gasteiger partial charge in [0.2, 0.25) is 17.7 Å². The molecule has 0 saturated carbocycles. The van der Waals surface area contributed by atoms with Gasteiger partial charge >= 0.3 is 5.97 Å². The summed E-state index contributed by atoms with van der Waals surface area (Å²) in [5.41, 5.74) is 5.35. The summed E-state index contributed by atoms with van der Waals surface area (Å²) < 4.78 is 31.3. The van der Waals surface area contributed by atoms with E-state index in [-0.39, 0.29) is 39.1 Å². The molecule has 4 amide bonds. The number of rotatable bonds is 32. The number of aryl methyl sites for hydroxylation is 2. The highest BCUT2D eigenvalue weighted by Crippen LogP contribution is 2.12. The molecule has 56 heavy (non-hydrogen) atoms. The van der Waals surface area contributed by atoms with Crippen molar-refractivity contribution >= 4 is 29.6 Å². The highest BCUT2D eigenvalue weighted by molar-refractivity contribution is 5.90. The van der Waals surface area contributed by atoms with Gasteiger partial charge in [0.05, 0.1) is 78.9 Å². The van der Waals surface area contributed by atoms with Gasteiger partial charge in [0, 0.05) is 33.7 Å². The van der Waals surface area contributed by atoms with Gasteiger partial charge < -0.3 is 48.8 Å². The van der Waals surface area contributed by atoms with Crippen molar-refractivity contribution in [2.45, 2.75) is 44.9 Å². The number of hydrogen-bond acceptors (Lipinski definition) is 12. The van der Waals surface area contributed by atoms with Crippen molar-refractivity contribution in [1.29, 1.82) is 0 Å². The number of hydroxylamine groups is 1. The highest BCUT2D eigenvalue weighted by atomic mass is 16.7. The lowest BCUT2D eigenvalue weighted by atomic mass is 10.0. The second-order valence-corrected chi connectivity index (χ2v) is 12.6. The molecule has 312 valence electrons. The van der Waals surface area contributed by atoms with Crippen molar-refractivity contribution in [1.82, 2.24) is 21.0 Å². The first-order valence-corrected chi connectivity index (χ1v) is 19.0. The van der Waals surface area contributed by atoms with E-state index in [4.69, 9.17) is 33.3 Å². The van der Waals surface area contributed by atoms with Crippen LogP contribution in [0, 0.1) is 0 Å². The Morgan fingerprint density at radius 1 is 0.554 bits per heavy atom. The fourth-order valence-corrected chi connectivity index (χ4v) is 5.10. The minimum atomic E-state index is -0.848. The number of amides is 4. The maximum atomic E-state index is 13.1. The number of methoxy groups -OCH3 is 2. The molecule has 3 N–H and O–H groups in total. The van der Waals surface area contributed by atoms with Crippen LogP contribution in [0.2, 0.25) is 0 Å². The molecule has 2 aromatic rings. The zero-order chi connectivity index (χ0) is 40.5. The topological polar surface area (TPSA) is 189 Å². The summed E-state index contributed by atoms with van der Waals surface area (Å²) in [5.74, 6) is -3.04. The van der Waals surface area contributed by atoms with E-state index < -0.39 is 49.1 Å². The molecule has 0 aliphatic rings. The van der Waals surface area contributed by atoms with Crippen LogP contribution >= 0.6 is 0 Å². The predicted octanol–water partition coefficient (Wildman–Crippen LogP) is 1.57. The SMILES string of the molecule is COCCOCCOCCNC(=O)CN(CC(=O)NCCOCCOCCOC)C(=O)CCC(=O)ONC(=O)Cc1cccc(CCCCc2ccccc2)c1. The first-order chi connectivity index (χ1) is 27.3. The third kappa shape index (κ3) is 24.9. The van der Waals surface area contributed by atoms with Crippen molar-refractivity contribution in [3.63, 3.8) is 0 Å². The molecule has 0 spiro atoms. The summed E-state index contributed by atoms with van der Waals surface area (Å²) in [5, 5.41) is 5.29. The Labute approximate surface area is 330 Å². The Kier molecular flexibility index (Phi) is 27.0. The maximum Gasteiger partial charge on any atom is 0.332 e. The van der Waals surface area contributed by atoms with E-state index in [0.717, 1.165) is 41.7 Å². The first kappa shape index (κ1) is 47.7. The molecule has 0 unspecified atom stereocenters. The highest BCUT2D eigenvalue weighted by Gasteiger charge is 2.22. The number of carbonyl (C=O) groups is 5. The largest absolute Gasteiger partial charge is 0.382 e. The van der Waals surface area contributed by atoms with Crippen molar-refractivity contribution in [3.8, 4) is 0 Å². The Morgan fingerprint density at radius 2 is 1.05 bits per heavy atom. The van der Waals surface area contributed by atoms with Crippen molar-refractivity contribution in [2.75, 3.05) is 106 Å². The van der Waals surface area contributed by atoms with E-state index in [9.17, 15) is 24.0 Å². The van der Waals surface area contributed by atoms with E-state index in [0.29, 0.717) is 52.9 Å². The Balaban J connectivity index is 1.76. The molecule has 2 rings (SSSR count). The molecular weight excluding hydrogens is 728 g/mol. The molecule has 16 heteroatoms. The Bertz CT molecular complexity index is 1360. The summed E-state index contributed by atoms with van der Waals surface area (Å²) in [6, 6.07) is 18.0. The van der Waals surface area contributed by atoms with Crippen molar-refractivity contribution in [2.24, 2.45) is 0 Å². The summed E-state index contributed by atoms with van der Waals surface area (Å²) in [6.07, 6.45) is 3.20. The minimum absolute atomic E-state index is 0.00246. The molecule has 16 nitrogen and oxygen atoms in total. The summed E-state index contributed by atoms with van der Waals surface area (Å²) in [6.45, 7) is 3.15. The molecule has 0 bridgehead atoms. The fraction of sp³-hybridized carbons (Fsp3) is 0.575. The van der Waals surface area contributed by atoms with Gasteiger partial charge in [-0.05, 0) is 42.4 Å². The smallest absolute Gasteiger partial charge is 0.332 e. The molecule has 0 heterocycles. The van der Waals surface area contributed by atoms with Crippen LogP contribution in [0.1, 0.15) is 42.4 Å². The molecule has 0 aliphatic carbocycles. The van der Waals surface area contributed by atoms with Crippen molar-refractivity contribution in [3.05, 3.63) is 71.3 Å². The average Bonchev–Trinajstić information content (AvgIpc) is 3.19. The van der Waals surface area contributed by atoms with Crippen LogP contribution in [-0.2, 0) is 76.5 Å². The third-order valence-electron chi connectivity index (χ3n) is 7.97. The van der Waals surface area contributed by atoms with Crippen LogP contribution in [0.4, 0.5) is 0 Å². The Hall–Kier alpha value is -4.45. The molecule has 2 aromatic carbocycles. The number of nitrogens with one attached hydrogen (secondary N) is 3. The number of hydrogen-bond donors (Lipinski definition) is 3. The number of unbranched alkanes of at least 4 members (excludes halogenated alkanes) is 1.